The van der Waals surface area contributed by atoms with E-state index < -0.39 is 5.97 Å². The lowest BCUT2D eigenvalue weighted by Gasteiger charge is -2.27. The van der Waals surface area contributed by atoms with Crippen molar-refractivity contribution in [1.82, 2.24) is 0 Å². The first kappa shape index (κ1) is 10.0. The maximum Gasteiger partial charge on any atom is 0.303 e. The second-order valence-corrected chi connectivity index (χ2v) is 3.65. The summed E-state index contributed by atoms with van der Waals surface area (Å²) in [6.45, 7) is 0. The van der Waals surface area contributed by atoms with Crippen molar-refractivity contribution in [2.75, 3.05) is 0 Å². The van der Waals surface area contributed by atoms with E-state index in [0.717, 1.165) is 25.7 Å². The molecular formula is C9H15NO3. The molecule has 0 aliphatic heterocycles. The van der Waals surface area contributed by atoms with E-state index in [1.54, 1.807) is 0 Å². The Morgan fingerprint density at radius 1 is 1.31 bits per heavy atom. The number of carbonyl (C=O) groups is 2. The highest BCUT2D eigenvalue weighted by atomic mass is 16.4. The highest BCUT2D eigenvalue weighted by Crippen LogP contribution is 2.31. The van der Waals surface area contributed by atoms with Gasteiger partial charge in [-0.3, -0.25) is 9.59 Å². The van der Waals surface area contributed by atoms with Crippen LogP contribution in [-0.2, 0) is 9.59 Å². The van der Waals surface area contributed by atoms with Gasteiger partial charge in [0.2, 0.25) is 5.91 Å². The molecule has 13 heavy (non-hydrogen) atoms. The van der Waals surface area contributed by atoms with Crippen molar-refractivity contribution in [3.8, 4) is 0 Å². The Hall–Kier alpha value is -1.06. The molecule has 0 aromatic carbocycles. The number of amides is 1. The first-order chi connectivity index (χ1) is 6.11. The molecule has 1 fully saturated rings. The molecule has 0 bridgehead atoms. The maximum absolute atomic E-state index is 11.0. The van der Waals surface area contributed by atoms with Crippen LogP contribution in [0.25, 0.3) is 0 Å². The molecule has 1 rings (SSSR count). The normalized spacial score (nSPS) is 28.3. The lowest BCUT2D eigenvalue weighted by molar-refractivity contribution is -0.139. The summed E-state index contributed by atoms with van der Waals surface area (Å²) in [6.07, 6.45) is 3.66. The molecule has 0 saturated heterocycles. The van der Waals surface area contributed by atoms with Crippen LogP contribution in [0.1, 0.15) is 32.1 Å². The minimum atomic E-state index is -0.835. The number of carboxylic acids is 1. The number of hydrogen-bond donors (Lipinski definition) is 2. The maximum atomic E-state index is 11.0. The molecule has 0 spiro atoms. The van der Waals surface area contributed by atoms with E-state index in [1.807, 2.05) is 0 Å². The van der Waals surface area contributed by atoms with Crippen LogP contribution in [0.4, 0.5) is 0 Å². The lowest BCUT2D eigenvalue weighted by Crippen LogP contribution is -2.33. The Bertz CT molecular complexity index is 215. The van der Waals surface area contributed by atoms with Crippen molar-refractivity contribution in [3.05, 3.63) is 0 Å². The summed E-state index contributed by atoms with van der Waals surface area (Å²) >= 11 is 0. The molecule has 4 nitrogen and oxygen atoms in total. The van der Waals surface area contributed by atoms with Gasteiger partial charge in [-0.1, -0.05) is 12.8 Å². The second-order valence-electron chi connectivity index (χ2n) is 3.65. The zero-order valence-electron chi connectivity index (χ0n) is 7.53. The molecule has 2 unspecified atom stereocenters. The smallest absolute Gasteiger partial charge is 0.303 e. The van der Waals surface area contributed by atoms with Crippen molar-refractivity contribution >= 4 is 11.9 Å². The average Bonchev–Trinajstić information content (AvgIpc) is 2.03. The second kappa shape index (κ2) is 4.25. The summed E-state index contributed by atoms with van der Waals surface area (Å²) in [6, 6.07) is 0. The Kier molecular flexibility index (Phi) is 3.28. The zero-order chi connectivity index (χ0) is 9.84. The molecule has 74 valence electrons. The molecule has 1 aliphatic rings. The van der Waals surface area contributed by atoms with Crippen LogP contribution < -0.4 is 5.73 Å². The van der Waals surface area contributed by atoms with Crippen LogP contribution >= 0.6 is 0 Å². The Morgan fingerprint density at radius 3 is 2.46 bits per heavy atom. The van der Waals surface area contributed by atoms with Crippen LogP contribution in [0.5, 0.6) is 0 Å². The largest absolute Gasteiger partial charge is 0.481 e. The predicted octanol–water partition coefficient (Wildman–Crippen LogP) is 0.753. The average molecular weight is 185 g/mol. The summed E-state index contributed by atoms with van der Waals surface area (Å²) in [5.74, 6) is -1.43. The van der Waals surface area contributed by atoms with E-state index in [0.29, 0.717) is 0 Å². The highest BCUT2D eigenvalue weighted by Gasteiger charge is 2.30. The van der Waals surface area contributed by atoms with E-state index in [-0.39, 0.29) is 24.2 Å². The Labute approximate surface area is 77.1 Å². The van der Waals surface area contributed by atoms with Crippen LogP contribution in [0, 0.1) is 11.8 Å². The van der Waals surface area contributed by atoms with E-state index in [2.05, 4.69) is 0 Å². The molecule has 0 aromatic heterocycles. The topological polar surface area (TPSA) is 80.4 Å². The van der Waals surface area contributed by atoms with Crippen molar-refractivity contribution in [1.29, 1.82) is 0 Å². The molecule has 4 heteroatoms. The van der Waals surface area contributed by atoms with Crippen molar-refractivity contribution in [3.63, 3.8) is 0 Å². The van der Waals surface area contributed by atoms with Gasteiger partial charge < -0.3 is 10.8 Å². The van der Waals surface area contributed by atoms with Gasteiger partial charge in [0.25, 0.3) is 0 Å². The number of aliphatic carboxylic acids is 1. The molecule has 1 saturated carbocycles. The Balaban J connectivity index is 2.56. The molecule has 1 amide bonds. The van der Waals surface area contributed by atoms with Gasteiger partial charge in [0.15, 0.2) is 0 Å². The van der Waals surface area contributed by atoms with Crippen LogP contribution in [-0.4, -0.2) is 17.0 Å². The van der Waals surface area contributed by atoms with E-state index >= 15 is 0 Å². The van der Waals surface area contributed by atoms with Gasteiger partial charge in [0.1, 0.15) is 0 Å². The lowest BCUT2D eigenvalue weighted by atomic mass is 9.77. The van der Waals surface area contributed by atoms with Crippen molar-refractivity contribution < 1.29 is 14.7 Å². The van der Waals surface area contributed by atoms with Gasteiger partial charge in [-0.2, -0.15) is 0 Å². The van der Waals surface area contributed by atoms with E-state index in [4.69, 9.17) is 10.8 Å². The SMILES string of the molecule is NC(=O)C1CCCCC1CC(=O)O. The number of nitrogens with two attached hydrogens (primary N) is 1. The van der Waals surface area contributed by atoms with E-state index in [1.165, 1.54) is 0 Å². The molecule has 3 N–H and O–H groups in total. The van der Waals surface area contributed by atoms with Gasteiger partial charge in [0, 0.05) is 12.3 Å². The minimum absolute atomic E-state index is 0.0382. The van der Waals surface area contributed by atoms with Crippen molar-refractivity contribution in [2.24, 2.45) is 17.6 Å². The van der Waals surface area contributed by atoms with E-state index in [9.17, 15) is 9.59 Å². The third kappa shape index (κ3) is 2.72. The first-order valence-electron chi connectivity index (χ1n) is 4.62. The van der Waals surface area contributed by atoms with Gasteiger partial charge in [-0.05, 0) is 18.8 Å². The first-order valence-corrected chi connectivity index (χ1v) is 4.62. The minimum Gasteiger partial charge on any atom is -0.481 e. The third-order valence-corrected chi connectivity index (χ3v) is 2.71. The number of carboxylic acid groups (broad SMARTS) is 1. The van der Waals surface area contributed by atoms with Crippen LogP contribution in [0.3, 0.4) is 0 Å². The fourth-order valence-corrected chi connectivity index (χ4v) is 2.05. The summed E-state index contributed by atoms with van der Waals surface area (Å²) in [5.41, 5.74) is 5.20. The molecular weight excluding hydrogens is 170 g/mol. The fraction of sp³-hybridized carbons (Fsp3) is 0.778. The fourth-order valence-electron chi connectivity index (χ4n) is 2.05. The van der Waals surface area contributed by atoms with Gasteiger partial charge >= 0.3 is 5.97 Å². The number of hydrogen-bond acceptors (Lipinski definition) is 2. The van der Waals surface area contributed by atoms with Gasteiger partial charge in [-0.25, -0.2) is 0 Å². The van der Waals surface area contributed by atoms with Crippen molar-refractivity contribution in [2.45, 2.75) is 32.1 Å². The Morgan fingerprint density at radius 2 is 1.92 bits per heavy atom. The highest BCUT2D eigenvalue weighted by molar-refractivity contribution is 5.78. The summed E-state index contributed by atoms with van der Waals surface area (Å²) in [5, 5.41) is 8.61. The number of primary amides is 1. The molecule has 0 heterocycles. The third-order valence-electron chi connectivity index (χ3n) is 2.71. The molecule has 0 radical (unpaired) electrons. The quantitative estimate of drug-likeness (QED) is 0.680. The number of carbonyl (C=O) groups excluding carboxylic acids is 1. The molecule has 1 aliphatic carbocycles. The summed E-state index contributed by atoms with van der Waals surface area (Å²) in [7, 11) is 0. The summed E-state index contributed by atoms with van der Waals surface area (Å²) in [4.78, 5) is 21.5. The molecule has 2 atom stereocenters. The summed E-state index contributed by atoms with van der Waals surface area (Å²) < 4.78 is 0. The zero-order valence-corrected chi connectivity index (χ0v) is 7.53. The van der Waals surface area contributed by atoms with Gasteiger partial charge in [-0.15, -0.1) is 0 Å². The number of rotatable bonds is 3. The molecule has 0 aromatic rings. The van der Waals surface area contributed by atoms with Crippen LogP contribution in [0.15, 0.2) is 0 Å². The predicted molar refractivity (Wildman–Crippen MR) is 46.9 cm³/mol. The monoisotopic (exact) mass is 185 g/mol. The van der Waals surface area contributed by atoms with Gasteiger partial charge in [0.05, 0.1) is 0 Å². The van der Waals surface area contributed by atoms with Crippen LogP contribution in [0.2, 0.25) is 0 Å². The standard InChI is InChI=1S/C9H15NO3/c10-9(13)7-4-2-1-3-6(7)5-8(11)12/h6-7H,1-5H2,(H2,10,13)(H,11,12).